The van der Waals surface area contributed by atoms with Crippen molar-refractivity contribution < 1.29 is 9.21 Å². The molecule has 1 rings (SSSR count). The summed E-state index contributed by atoms with van der Waals surface area (Å²) < 4.78 is 5.28. The number of nitrogens with two attached hydrogens (primary N) is 1. The van der Waals surface area contributed by atoms with Crippen molar-refractivity contribution in [2.75, 3.05) is 6.54 Å². The Morgan fingerprint density at radius 1 is 1.45 bits per heavy atom. The average Bonchev–Trinajstić information content (AvgIpc) is 2.84. The summed E-state index contributed by atoms with van der Waals surface area (Å²) in [5, 5.41) is 8.75. The van der Waals surface area contributed by atoms with E-state index in [2.05, 4.69) is 6.07 Å². The lowest BCUT2D eigenvalue weighted by Gasteiger charge is -2.40. The summed E-state index contributed by atoms with van der Waals surface area (Å²) >= 11 is 0. The summed E-state index contributed by atoms with van der Waals surface area (Å²) in [5.74, 6) is 0.624. The fraction of sp³-hybridized carbons (Fsp3) is 0.600. The summed E-state index contributed by atoms with van der Waals surface area (Å²) in [6, 6.07) is 5.66. The molecule has 0 aliphatic heterocycles. The first kappa shape index (κ1) is 16.3. The van der Waals surface area contributed by atoms with Gasteiger partial charge in [0, 0.05) is 12.1 Å². The van der Waals surface area contributed by atoms with Crippen molar-refractivity contribution in [1.29, 1.82) is 5.26 Å². The lowest BCUT2D eigenvalue weighted by molar-refractivity contribution is -0.144. The van der Waals surface area contributed by atoms with E-state index < -0.39 is 11.0 Å². The minimum Gasteiger partial charge on any atom is -0.467 e. The van der Waals surface area contributed by atoms with Crippen LogP contribution in [-0.4, -0.2) is 22.9 Å². The van der Waals surface area contributed by atoms with E-state index in [-0.39, 0.29) is 12.3 Å². The van der Waals surface area contributed by atoms with Gasteiger partial charge in [-0.25, -0.2) is 0 Å². The van der Waals surface area contributed by atoms with Gasteiger partial charge in [-0.1, -0.05) is 0 Å². The van der Waals surface area contributed by atoms with Gasteiger partial charge in [-0.15, -0.1) is 0 Å². The number of hydrogen-bond donors (Lipinski definition) is 1. The number of nitriles is 1. The highest BCUT2D eigenvalue weighted by Crippen LogP contribution is 2.31. The van der Waals surface area contributed by atoms with Crippen LogP contribution in [0.4, 0.5) is 0 Å². The van der Waals surface area contributed by atoms with Crippen LogP contribution >= 0.6 is 0 Å². The Kier molecular flexibility index (Phi) is 4.96. The molecule has 0 fully saturated rings. The van der Waals surface area contributed by atoms with Gasteiger partial charge in [-0.3, -0.25) is 4.79 Å². The topological polar surface area (TPSA) is 83.3 Å². The number of nitrogens with zero attached hydrogens (tertiary/aromatic N) is 2. The SMILES string of the molecule is CC(C)(N)C(C)(C)C(=O)N(CCC#N)Cc1ccco1. The molecular formula is C15H23N3O2. The lowest BCUT2D eigenvalue weighted by Crippen LogP contribution is -2.56. The second kappa shape index (κ2) is 6.10. The first-order valence-corrected chi connectivity index (χ1v) is 6.67. The first-order valence-electron chi connectivity index (χ1n) is 6.67. The van der Waals surface area contributed by atoms with Crippen LogP contribution < -0.4 is 5.73 Å². The molecule has 1 amide bonds. The van der Waals surface area contributed by atoms with Gasteiger partial charge in [-0.2, -0.15) is 5.26 Å². The second-order valence-electron chi connectivity index (χ2n) is 6.06. The molecule has 0 saturated heterocycles. The largest absolute Gasteiger partial charge is 0.467 e. The molecule has 0 atom stereocenters. The number of carbonyl (C=O) groups excluding carboxylic acids is 1. The predicted molar refractivity (Wildman–Crippen MR) is 76.4 cm³/mol. The molecule has 0 aliphatic carbocycles. The Bertz CT molecular complexity index is 478. The van der Waals surface area contributed by atoms with Crippen molar-refractivity contribution in [3.05, 3.63) is 24.2 Å². The third-order valence-corrected chi connectivity index (χ3v) is 3.85. The monoisotopic (exact) mass is 277 g/mol. The molecule has 0 aliphatic rings. The summed E-state index contributed by atoms with van der Waals surface area (Å²) in [5.41, 5.74) is 4.74. The van der Waals surface area contributed by atoms with Crippen molar-refractivity contribution in [1.82, 2.24) is 4.90 Å². The maximum absolute atomic E-state index is 12.7. The second-order valence-corrected chi connectivity index (χ2v) is 6.06. The summed E-state index contributed by atoms with van der Waals surface area (Å²) in [4.78, 5) is 14.4. The highest BCUT2D eigenvalue weighted by Gasteiger charge is 2.42. The van der Waals surface area contributed by atoms with Crippen LogP contribution in [0.1, 0.15) is 39.9 Å². The third kappa shape index (κ3) is 3.61. The molecule has 5 nitrogen and oxygen atoms in total. The van der Waals surface area contributed by atoms with Crippen LogP contribution in [-0.2, 0) is 11.3 Å². The fourth-order valence-corrected chi connectivity index (χ4v) is 1.70. The molecule has 0 bridgehead atoms. The van der Waals surface area contributed by atoms with Gasteiger partial charge >= 0.3 is 0 Å². The number of furan rings is 1. The predicted octanol–water partition coefficient (Wildman–Crippen LogP) is 2.29. The quantitative estimate of drug-likeness (QED) is 0.864. The zero-order valence-corrected chi connectivity index (χ0v) is 12.6. The molecule has 0 spiro atoms. The summed E-state index contributed by atoms with van der Waals surface area (Å²) in [6.07, 6.45) is 1.85. The van der Waals surface area contributed by atoms with Crippen LogP contribution in [0.3, 0.4) is 0 Å². The van der Waals surface area contributed by atoms with E-state index in [1.54, 1.807) is 17.2 Å². The van der Waals surface area contributed by atoms with Gasteiger partial charge < -0.3 is 15.1 Å². The zero-order chi connectivity index (χ0) is 15.4. The normalized spacial score (nSPS) is 12.0. The molecule has 20 heavy (non-hydrogen) atoms. The minimum atomic E-state index is -0.727. The van der Waals surface area contributed by atoms with Gasteiger partial charge in [-0.05, 0) is 39.8 Å². The Morgan fingerprint density at radius 3 is 2.55 bits per heavy atom. The molecule has 1 heterocycles. The number of rotatable bonds is 6. The maximum atomic E-state index is 12.7. The Hall–Kier alpha value is -1.80. The van der Waals surface area contributed by atoms with Crippen molar-refractivity contribution in [2.45, 2.75) is 46.2 Å². The molecule has 1 aromatic heterocycles. The van der Waals surface area contributed by atoms with Gasteiger partial charge in [0.25, 0.3) is 0 Å². The summed E-state index contributed by atoms with van der Waals surface area (Å²) in [6.45, 7) is 8.05. The molecule has 0 saturated carbocycles. The Labute approximate surface area is 120 Å². The average molecular weight is 277 g/mol. The summed E-state index contributed by atoms with van der Waals surface area (Å²) in [7, 11) is 0. The van der Waals surface area contributed by atoms with Crippen molar-refractivity contribution >= 4 is 5.91 Å². The minimum absolute atomic E-state index is 0.0725. The van der Waals surface area contributed by atoms with Crippen LogP contribution in [0.15, 0.2) is 22.8 Å². The Balaban J connectivity index is 2.93. The van der Waals surface area contributed by atoms with Crippen molar-refractivity contribution in [2.24, 2.45) is 11.1 Å². The lowest BCUT2D eigenvalue weighted by atomic mass is 9.74. The highest BCUT2D eigenvalue weighted by molar-refractivity contribution is 5.83. The van der Waals surface area contributed by atoms with Crippen LogP contribution in [0.25, 0.3) is 0 Å². The molecule has 5 heteroatoms. The molecule has 0 unspecified atom stereocenters. The van der Waals surface area contributed by atoms with E-state index in [0.29, 0.717) is 18.8 Å². The fourth-order valence-electron chi connectivity index (χ4n) is 1.70. The van der Waals surface area contributed by atoms with Crippen LogP contribution in [0.5, 0.6) is 0 Å². The third-order valence-electron chi connectivity index (χ3n) is 3.85. The number of hydrogen-bond acceptors (Lipinski definition) is 4. The molecular weight excluding hydrogens is 254 g/mol. The molecule has 2 N–H and O–H groups in total. The smallest absolute Gasteiger partial charge is 0.230 e. The highest BCUT2D eigenvalue weighted by atomic mass is 16.3. The van der Waals surface area contributed by atoms with Gasteiger partial charge in [0.2, 0.25) is 5.91 Å². The standard InChI is InChI=1S/C15H23N3O2/c1-14(2,15(3,4)17)13(19)18(9-6-8-16)11-12-7-5-10-20-12/h5,7,10H,6,9,11,17H2,1-4H3. The van der Waals surface area contributed by atoms with Gasteiger partial charge in [0.15, 0.2) is 0 Å². The van der Waals surface area contributed by atoms with Crippen molar-refractivity contribution in [3.8, 4) is 6.07 Å². The van der Waals surface area contributed by atoms with E-state index in [1.807, 2.05) is 33.8 Å². The zero-order valence-electron chi connectivity index (χ0n) is 12.6. The molecule has 110 valence electrons. The van der Waals surface area contributed by atoms with Crippen LogP contribution in [0, 0.1) is 16.7 Å². The molecule has 0 radical (unpaired) electrons. The van der Waals surface area contributed by atoms with Crippen LogP contribution in [0.2, 0.25) is 0 Å². The first-order chi connectivity index (χ1) is 9.20. The number of carbonyl (C=O) groups is 1. The van der Waals surface area contributed by atoms with E-state index in [4.69, 9.17) is 15.4 Å². The van der Waals surface area contributed by atoms with E-state index in [9.17, 15) is 4.79 Å². The maximum Gasteiger partial charge on any atom is 0.230 e. The number of amides is 1. The Morgan fingerprint density at radius 2 is 2.10 bits per heavy atom. The van der Waals surface area contributed by atoms with Crippen molar-refractivity contribution in [3.63, 3.8) is 0 Å². The van der Waals surface area contributed by atoms with E-state index in [0.717, 1.165) is 0 Å². The molecule has 0 aromatic carbocycles. The van der Waals surface area contributed by atoms with E-state index >= 15 is 0 Å². The van der Waals surface area contributed by atoms with Gasteiger partial charge in [0.05, 0.1) is 30.7 Å². The van der Waals surface area contributed by atoms with Gasteiger partial charge in [0.1, 0.15) is 5.76 Å². The van der Waals surface area contributed by atoms with E-state index in [1.165, 1.54) is 0 Å². The molecule has 1 aromatic rings.